The van der Waals surface area contributed by atoms with Gasteiger partial charge in [0.25, 0.3) is 0 Å². The summed E-state index contributed by atoms with van der Waals surface area (Å²) in [6.45, 7) is 5.03. The van der Waals surface area contributed by atoms with Crippen LogP contribution in [0.1, 0.15) is 74.1 Å². The van der Waals surface area contributed by atoms with Crippen molar-refractivity contribution in [3.8, 4) is 0 Å². The van der Waals surface area contributed by atoms with Crippen molar-refractivity contribution in [3.05, 3.63) is 156 Å². The second-order valence-electron chi connectivity index (χ2n) is 14.3. The normalized spacial score (nSPS) is 19.4. The first-order valence-electron chi connectivity index (χ1n) is 20.3. The molecule has 4 aromatic rings. The summed E-state index contributed by atoms with van der Waals surface area (Å²) >= 11 is 0. The van der Waals surface area contributed by atoms with Crippen LogP contribution in [0, 0.1) is 0 Å². The molecule has 9 heteroatoms. The number of hydrogen-bond acceptors (Lipinski definition) is 8. The molecular formula is C47H61O8P. The van der Waals surface area contributed by atoms with Crippen molar-refractivity contribution in [2.45, 2.75) is 103 Å². The molecule has 0 amide bonds. The summed E-state index contributed by atoms with van der Waals surface area (Å²) in [5.41, 5.74) is 3.99. The first kappa shape index (κ1) is 43.7. The molecule has 0 spiro atoms. The molecule has 1 aliphatic heterocycles. The summed E-state index contributed by atoms with van der Waals surface area (Å²) in [4.78, 5) is 0. The number of hydrogen-bond donors (Lipinski definition) is 0. The number of unbranched alkanes of at least 4 members (excludes halogenated alkanes) is 6. The molecule has 5 rings (SSSR count). The summed E-state index contributed by atoms with van der Waals surface area (Å²) in [5.74, 6) is 0. The average molecular weight is 785 g/mol. The molecule has 4 aromatic carbocycles. The Hall–Kier alpha value is -3.43. The van der Waals surface area contributed by atoms with E-state index in [1.54, 1.807) is 0 Å². The highest BCUT2D eigenvalue weighted by Crippen LogP contribution is 2.52. The van der Waals surface area contributed by atoms with Crippen LogP contribution in [-0.4, -0.2) is 57.0 Å². The van der Waals surface area contributed by atoms with Crippen molar-refractivity contribution in [1.29, 1.82) is 0 Å². The molecule has 1 heterocycles. The van der Waals surface area contributed by atoms with Gasteiger partial charge in [0.2, 0.25) is 0 Å². The summed E-state index contributed by atoms with van der Waals surface area (Å²) in [6.07, 6.45) is 10.2. The van der Waals surface area contributed by atoms with Crippen molar-refractivity contribution in [2.75, 3.05) is 32.6 Å². The second-order valence-corrected chi connectivity index (χ2v) is 16.4. The predicted molar refractivity (Wildman–Crippen MR) is 222 cm³/mol. The van der Waals surface area contributed by atoms with Gasteiger partial charge in [0, 0.05) is 6.61 Å². The Morgan fingerprint density at radius 2 is 1.02 bits per heavy atom. The largest absolute Gasteiger partial charge is 0.377 e. The van der Waals surface area contributed by atoms with E-state index in [-0.39, 0.29) is 26.0 Å². The summed E-state index contributed by atoms with van der Waals surface area (Å²) in [5, 5.41) is 0. The van der Waals surface area contributed by atoms with E-state index in [0.29, 0.717) is 26.4 Å². The lowest BCUT2D eigenvalue weighted by Gasteiger charge is -2.27. The predicted octanol–water partition coefficient (Wildman–Crippen LogP) is 10.9. The topological polar surface area (TPSA) is 81.7 Å². The minimum atomic E-state index is -3.75. The Kier molecular flexibility index (Phi) is 20.1. The summed E-state index contributed by atoms with van der Waals surface area (Å²) < 4.78 is 59.1. The van der Waals surface area contributed by atoms with Crippen LogP contribution in [0.3, 0.4) is 0 Å². The van der Waals surface area contributed by atoms with Gasteiger partial charge in [-0.1, -0.05) is 179 Å². The van der Waals surface area contributed by atoms with Crippen molar-refractivity contribution in [1.82, 2.24) is 0 Å². The Bertz CT molecular complexity index is 1660. The van der Waals surface area contributed by atoms with Crippen LogP contribution in [0.25, 0.3) is 0 Å². The highest BCUT2D eigenvalue weighted by molar-refractivity contribution is 7.53. The van der Waals surface area contributed by atoms with Crippen LogP contribution in [0.4, 0.5) is 0 Å². The fourth-order valence-electron chi connectivity index (χ4n) is 6.60. The maximum absolute atomic E-state index is 14.7. The number of benzene rings is 4. The lowest BCUT2D eigenvalue weighted by atomic mass is 10.1. The van der Waals surface area contributed by atoms with Gasteiger partial charge in [-0.05, 0) is 28.7 Å². The van der Waals surface area contributed by atoms with Gasteiger partial charge < -0.3 is 32.7 Å². The maximum atomic E-state index is 14.7. The standard InChI is InChI=1S/C47H61O8P/c1-2-3-4-5-6-7-20-31-49-32-21-22-33-53-56(48,54-37-43-29-18-11-19-30-43)39-45-47(52-36-42-27-16-10-17-28-42)46(51-35-41-25-14-9-15-26-41)44(55-45)38-50-34-40-23-12-8-13-24-40/h8-19,21-30,44-47H,2-7,20,31-39H2,1H3/b22-21+/t44-,45+,46-,47-,56?/m1/s1. The molecule has 56 heavy (non-hydrogen) atoms. The third-order valence-electron chi connectivity index (χ3n) is 9.69. The molecule has 1 saturated heterocycles. The van der Waals surface area contributed by atoms with E-state index in [2.05, 4.69) is 6.92 Å². The third kappa shape index (κ3) is 16.2. The minimum Gasteiger partial charge on any atom is -0.377 e. The van der Waals surface area contributed by atoms with Gasteiger partial charge in [0.15, 0.2) is 0 Å². The Morgan fingerprint density at radius 1 is 0.536 bits per heavy atom. The van der Waals surface area contributed by atoms with Crippen LogP contribution in [0.5, 0.6) is 0 Å². The highest BCUT2D eigenvalue weighted by Gasteiger charge is 2.49. The lowest BCUT2D eigenvalue weighted by molar-refractivity contribution is -0.0897. The molecule has 302 valence electrons. The molecule has 0 radical (unpaired) electrons. The molecule has 0 aliphatic carbocycles. The molecule has 8 nitrogen and oxygen atoms in total. The van der Waals surface area contributed by atoms with E-state index < -0.39 is 32.0 Å². The lowest BCUT2D eigenvalue weighted by Crippen LogP contribution is -2.40. The van der Waals surface area contributed by atoms with Gasteiger partial charge in [-0.25, -0.2) is 0 Å². The molecule has 1 fully saturated rings. The number of ether oxygens (including phenoxy) is 5. The first-order chi connectivity index (χ1) is 27.6. The summed E-state index contributed by atoms with van der Waals surface area (Å²) in [6, 6.07) is 39.7. The molecule has 1 aliphatic rings. The minimum absolute atomic E-state index is 0.0255. The molecule has 5 atom stereocenters. The average Bonchev–Trinajstić information content (AvgIpc) is 3.56. The van der Waals surface area contributed by atoms with E-state index in [1.165, 1.54) is 38.5 Å². The molecular weight excluding hydrogens is 723 g/mol. The summed E-state index contributed by atoms with van der Waals surface area (Å²) in [7, 11) is -3.75. The van der Waals surface area contributed by atoms with Crippen LogP contribution >= 0.6 is 7.60 Å². The van der Waals surface area contributed by atoms with E-state index >= 15 is 0 Å². The van der Waals surface area contributed by atoms with Crippen LogP contribution in [-0.2, 0) is 63.7 Å². The zero-order valence-corrected chi connectivity index (χ0v) is 33.9. The van der Waals surface area contributed by atoms with Gasteiger partial charge in [-0.3, -0.25) is 4.57 Å². The Labute approximate surface area is 335 Å². The van der Waals surface area contributed by atoms with E-state index in [1.807, 2.05) is 133 Å². The Balaban J connectivity index is 1.27. The maximum Gasteiger partial charge on any atom is 0.334 e. The first-order valence-corrected chi connectivity index (χ1v) is 22.1. The van der Waals surface area contributed by atoms with Crippen molar-refractivity contribution >= 4 is 7.60 Å². The molecule has 0 bridgehead atoms. The quantitative estimate of drug-likeness (QED) is 0.0320. The van der Waals surface area contributed by atoms with Gasteiger partial charge >= 0.3 is 7.60 Å². The van der Waals surface area contributed by atoms with E-state index in [4.69, 9.17) is 32.7 Å². The fourth-order valence-corrected chi connectivity index (χ4v) is 8.28. The molecule has 0 aromatic heterocycles. The monoisotopic (exact) mass is 784 g/mol. The van der Waals surface area contributed by atoms with Crippen LogP contribution in [0.2, 0.25) is 0 Å². The molecule has 0 N–H and O–H groups in total. The second kappa shape index (κ2) is 25.7. The van der Waals surface area contributed by atoms with Gasteiger partial charge in [-0.15, -0.1) is 0 Å². The zero-order valence-electron chi connectivity index (χ0n) is 33.0. The number of rotatable bonds is 28. The highest BCUT2D eigenvalue weighted by atomic mass is 31.2. The molecule has 1 unspecified atom stereocenters. The van der Waals surface area contributed by atoms with Gasteiger partial charge in [0.1, 0.15) is 18.3 Å². The zero-order chi connectivity index (χ0) is 38.9. The van der Waals surface area contributed by atoms with Crippen molar-refractivity contribution in [2.24, 2.45) is 0 Å². The van der Waals surface area contributed by atoms with Gasteiger partial charge in [0.05, 0.1) is 58.5 Å². The third-order valence-corrected chi connectivity index (χ3v) is 11.6. The smallest absolute Gasteiger partial charge is 0.334 e. The fraction of sp³-hybridized carbons (Fsp3) is 0.447. The van der Waals surface area contributed by atoms with E-state index in [9.17, 15) is 4.57 Å². The van der Waals surface area contributed by atoms with Crippen LogP contribution in [0.15, 0.2) is 133 Å². The van der Waals surface area contributed by atoms with Crippen molar-refractivity contribution in [3.63, 3.8) is 0 Å². The molecule has 0 saturated carbocycles. The Morgan fingerprint density at radius 3 is 1.59 bits per heavy atom. The SMILES string of the molecule is CCCCCCCCCOC/C=C/COP(=O)(C[C@@H]1O[C@H](COCc2ccccc2)[C@@H](OCc2ccccc2)[C@@H]1OCc1ccccc1)OCc1ccccc1. The van der Waals surface area contributed by atoms with Crippen LogP contribution < -0.4 is 0 Å². The van der Waals surface area contributed by atoms with Crippen molar-refractivity contribution < 1.29 is 37.3 Å². The van der Waals surface area contributed by atoms with E-state index in [0.717, 1.165) is 35.3 Å². The van der Waals surface area contributed by atoms with Gasteiger partial charge in [-0.2, -0.15) is 0 Å².